The van der Waals surface area contributed by atoms with Gasteiger partial charge in [-0.15, -0.1) is 0 Å². The molecule has 1 rings (SSSR count). The zero-order valence-corrected chi connectivity index (χ0v) is 6.70. The molecule has 0 spiro atoms. The van der Waals surface area contributed by atoms with Gasteiger partial charge < -0.3 is 5.32 Å². The number of nitrogens with one attached hydrogen (secondary N) is 1. The van der Waals surface area contributed by atoms with Gasteiger partial charge in [0.2, 0.25) is 0 Å². The van der Waals surface area contributed by atoms with Gasteiger partial charge in [-0.2, -0.15) is 0 Å². The molecule has 0 aromatic carbocycles. The SMILES string of the molecule is C[C@@H]1CNC[C@H](C)S1=O. The van der Waals surface area contributed by atoms with Crippen molar-refractivity contribution in [3.05, 3.63) is 0 Å². The lowest BCUT2D eigenvalue weighted by Gasteiger charge is -2.23. The number of hydrogen-bond donors (Lipinski definition) is 1. The molecule has 1 saturated heterocycles. The molecule has 0 aliphatic carbocycles. The summed E-state index contributed by atoms with van der Waals surface area (Å²) in [6.07, 6.45) is 0. The molecule has 0 aromatic rings. The van der Waals surface area contributed by atoms with Crippen molar-refractivity contribution in [1.82, 2.24) is 5.32 Å². The fraction of sp³-hybridized carbons (Fsp3) is 1.00. The Morgan fingerprint density at radius 1 is 1.33 bits per heavy atom. The molecular formula is C6H13NOS. The van der Waals surface area contributed by atoms with Gasteiger partial charge in [-0.1, -0.05) is 0 Å². The van der Waals surface area contributed by atoms with Gasteiger partial charge >= 0.3 is 0 Å². The maximum atomic E-state index is 11.2. The first-order valence-corrected chi connectivity index (χ1v) is 4.59. The highest BCUT2D eigenvalue weighted by Gasteiger charge is 2.21. The van der Waals surface area contributed by atoms with Gasteiger partial charge in [-0.05, 0) is 13.8 Å². The first-order chi connectivity index (χ1) is 4.22. The van der Waals surface area contributed by atoms with Crippen molar-refractivity contribution in [3.63, 3.8) is 0 Å². The smallest absolute Gasteiger partial charge is 0.0447 e. The maximum absolute atomic E-state index is 11.2. The van der Waals surface area contributed by atoms with Crippen molar-refractivity contribution in [2.24, 2.45) is 0 Å². The molecule has 9 heavy (non-hydrogen) atoms. The lowest BCUT2D eigenvalue weighted by molar-refractivity contribution is 0.594. The van der Waals surface area contributed by atoms with Gasteiger partial charge in [-0.3, -0.25) is 4.21 Å². The Labute approximate surface area is 58.5 Å². The van der Waals surface area contributed by atoms with Gasteiger partial charge in [0, 0.05) is 34.4 Å². The second-order valence-electron chi connectivity index (χ2n) is 2.61. The van der Waals surface area contributed by atoms with Crippen LogP contribution in [0.3, 0.4) is 0 Å². The summed E-state index contributed by atoms with van der Waals surface area (Å²) in [7, 11) is -0.592. The first kappa shape index (κ1) is 7.22. The van der Waals surface area contributed by atoms with E-state index in [1.54, 1.807) is 0 Å². The molecule has 54 valence electrons. The Morgan fingerprint density at radius 2 is 1.78 bits per heavy atom. The van der Waals surface area contributed by atoms with Crippen LogP contribution >= 0.6 is 0 Å². The van der Waals surface area contributed by atoms with E-state index in [2.05, 4.69) is 5.32 Å². The lowest BCUT2D eigenvalue weighted by atomic mass is 10.4. The van der Waals surface area contributed by atoms with E-state index in [0.29, 0.717) is 10.5 Å². The second kappa shape index (κ2) is 2.80. The van der Waals surface area contributed by atoms with Crippen molar-refractivity contribution in [3.8, 4) is 0 Å². The van der Waals surface area contributed by atoms with Gasteiger partial charge in [-0.25, -0.2) is 0 Å². The summed E-state index contributed by atoms with van der Waals surface area (Å²) in [6.45, 7) is 5.88. The van der Waals surface area contributed by atoms with Crippen molar-refractivity contribution < 1.29 is 4.21 Å². The highest BCUT2D eigenvalue weighted by atomic mass is 32.2. The Bertz CT molecular complexity index is 114. The van der Waals surface area contributed by atoms with Crippen LogP contribution < -0.4 is 5.32 Å². The Hall–Kier alpha value is 0.110. The molecule has 0 aromatic heterocycles. The third kappa shape index (κ3) is 1.52. The summed E-state index contributed by atoms with van der Waals surface area (Å²) in [5, 5.41) is 3.90. The van der Waals surface area contributed by atoms with E-state index in [0.717, 1.165) is 13.1 Å². The molecule has 1 aliphatic rings. The van der Waals surface area contributed by atoms with Crippen molar-refractivity contribution in [1.29, 1.82) is 0 Å². The Balaban J connectivity index is 2.52. The Kier molecular flexibility index (Phi) is 2.24. The third-order valence-corrected chi connectivity index (χ3v) is 3.58. The molecular weight excluding hydrogens is 134 g/mol. The van der Waals surface area contributed by atoms with Crippen LogP contribution in [0.5, 0.6) is 0 Å². The molecule has 1 aliphatic heterocycles. The summed E-state index contributed by atoms with van der Waals surface area (Å²) in [4.78, 5) is 0. The molecule has 2 nitrogen and oxygen atoms in total. The van der Waals surface area contributed by atoms with Crippen molar-refractivity contribution >= 4 is 10.8 Å². The summed E-state index contributed by atoms with van der Waals surface area (Å²) in [5.41, 5.74) is 0. The van der Waals surface area contributed by atoms with E-state index in [4.69, 9.17) is 0 Å². The molecule has 0 bridgehead atoms. The van der Waals surface area contributed by atoms with Crippen molar-refractivity contribution in [2.75, 3.05) is 13.1 Å². The molecule has 0 radical (unpaired) electrons. The van der Waals surface area contributed by atoms with Crippen LogP contribution in [-0.4, -0.2) is 27.8 Å². The van der Waals surface area contributed by atoms with Gasteiger partial charge in [0.05, 0.1) is 0 Å². The normalized spacial score (nSPS) is 44.9. The van der Waals surface area contributed by atoms with E-state index >= 15 is 0 Å². The van der Waals surface area contributed by atoms with Crippen LogP contribution in [0.1, 0.15) is 13.8 Å². The molecule has 1 N–H and O–H groups in total. The van der Waals surface area contributed by atoms with Crippen molar-refractivity contribution in [2.45, 2.75) is 24.3 Å². The lowest BCUT2D eigenvalue weighted by Crippen LogP contribution is -2.43. The zero-order chi connectivity index (χ0) is 6.85. The van der Waals surface area contributed by atoms with E-state index < -0.39 is 10.8 Å². The molecule has 3 heteroatoms. The predicted molar refractivity (Wildman–Crippen MR) is 39.9 cm³/mol. The standard InChI is InChI=1S/C6H13NOS/c1-5-3-7-4-6(2)9(5)8/h5-7H,3-4H2,1-2H3/t5-,6+,9?. The third-order valence-electron chi connectivity index (χ3n) is 1.66. The van der Waals surface area contributed by atoms with Crippen LogP contribution in [0.2, 0.25) is 0 Å². The number of hydrogen-bond acceptors (Lipinski definition) is 2. The minimum atomic E-state index is -0.592. The monoisotopic (exact) mass is 147 g/mol. The number of rotatable bonds is 0. The summed E-state index contributed by atoms with van der Waals surface area (Å²) in [5.74, 6) is 0. The van der Waals surface area contributed by atoms with Gasteiger partial charge in [0.15, 0.2) is 0 Å². The molecule has 0 amide bonds. The van der Waals surface area contributed by atoms with Crippen LogP contribution in [0.15, 0.2) is 0 Å². The topological polar surface area (TPSA) is 29.1 Å². The van der Waals surface area contributed by atoms with Gasteiger partial charge in [0.25, 0.3) is 0 Å². The van der Waals surface area contributed by atoms with E-state index in [-0.39, 0.29) is 0 Å². The highest BCUT2D eigenvalue weighted by Crippen LogP contribution is 2.06. The Morgan fingerprint density at radius 3 is 2.11 bits per heavy atom. The van der Waals surface area contributed by atoms with E-state index in [1.807, 2.05) is 13.8 Å². The summed E-state index contributed by atoms with van der Waals surface area (Å²) < 4.78 is 11.2. The second-order valence-corrected chi connectivity index (χ2v) is 4.87. The largest absolute Gasteiger partial charge is 0.314 e. The molecule has 1 fully saturated rings. The predicted octanol–water partition coefficient (Wildman–Crippen LogP) is 0.115. The van der Waals surface area contributed by atoms with Crippen LogP contribution in [0.25, 0.3) is 0 Å². The first-order valence-electron chi connectivity index (χ1n) is 3.32. The van der Waals surface area contributed by atoms with Crippen LogP contribution in [0.4, 0.5) is 0 Å². The molecule has 1 heterocycles. The molecule has 3 atom stereocenters. The average Bonchev–Trinajstić information content (AvgIpc) is 1.83. The summed E-state index contributed by atoms with van der Waals surface area (Å²) in [6, 6.07) is 0. The van der Waals surface area contributed by atoms with Gasteiger partial charge in [0.1, 0.15) is 0 Å². The quantitative estimate of drug-likeness (QED) is 0.527. The minimum absolute atomic E-state index is 0.341. The van der Waals surface area contributed by atoms with E-state index in [1.165, 1.54) is 0 Å². The summed E-state index contributed by atoms with van der Waals surface area (Å²) >= 11 is 0. The van der Waals surface area contributed by atoms with Crippen LogP contribution in [0, 0.1) is 0 Å². The van der Waals surface area contributed by atoms with Crippen LogP contribution in [-0.2, 0) is 10.8 Å². The zero-order valence-electron chi connectivity index (χ0n) is 5.89. The molecule has 0 saturated carbocycles. The molecule has 1 unspecified atom stereocenters. The minimum Gasteiger partial charge on any atom is -0.314 e. The van der Waals surface area contributed by atoms with E-state index in [9.17, 15) is 4.21 Å². The maximum Gasteiger partial charge on any atom is 0.0447 e. The highest BCUT2D eigenvalue weighted by molar-refractivity contribution is 7.86. The average molecular weight is 147 g/mol. The fourth-order valence-electron chi connectivity index (χ4n) is 1.05. The fourth-order valence-corrected chi connectivity index (χ4v) is 2.41.